The first-order chi connectivity index (χ1) is 19.2. The Kier molecular flexibility index (Phi) is 6.45. The summed E-state index contributed by atoms with van der Waals surface area (Å²) in [6.07, 6.45) is 5.00. The summed E-state index contributed by atoms with van der Waals surface area (Å²) in [5, 5.41) is 15.9. The van der Waals surface area contributed by atoms with Crippen LogP contribution in [0, 0.1) is 11.7 Å². The molecule has 3 aromatic heterocycles. The number of nitrogens with zero attached hydrogens (tertiary/aromatic N) is 5. The second kappa shape index (κ2) is 9.85. The van der Waals surface area contributed by atoms with E-state index < -0.39 is 11.8 Å². The van der Waals surface area contributed by atoms with Gasteiger partial charge in [0.2, 0.25) is 0 Å². The maximum absolute atomic E-state index is 15.3. The summed E-state index contributed by atoms with van der Waals surface area (Å²) in [5.74, 6) is -1.37. The number of halogens is 1. The van der Waals surface area contributed by atoms with Gasteiger partial charge in [-0.3, -0.25) is 9.78 Å². The normalized spacial score (nSPS) is 22.1. The van der Waals surface area contributed by atoms with Crippen molar-refractivity contribution < 1.29 is 19.1 Å². The minimum absolute atomic E-state index is 0.0588. The van der Waals surface area contributed by atoms with Gasteiger partial charge in [0.05, 0.1) is 17.0 Å². The highest BCUT2D eigenvalue weighted by molar-refractivity contribution is 8.03. The number of carbonyl (C=O) groups is 2. The third-order valence-electron chi connectivity index (χ3n) is 8.08. The van der Waals surface area contributed by atoms with Gasteiger partial charge in [-0.25, -0.2) is 18.7 Å². The van der Waals surface area contributed by atoms with Crippen LogP contribution in [0.5, 0.6) is 0 Å². The van der Waals surface area contributed by atoms with E-state index in [9.17, 15) is 9.59 Å². The molecule has 1 aromatic carbocycles. The third-order valence-corrected chi connectivity index (χ3v) is 9.39. The van der Waals surface area contributed by atoms with E-state index in [1.807, 2.05) is 23.6 Å². The van der Waals surface area contributed by atoms with Gasteiger partial charge in [-0.05, 0) is 62.4 Å². The molecule has 8 nitrogen and oxygen atoms in total. The van der Waals surface area contributed by atoms with E-state index in [0.717, 1.165) is 12.1 Å². The van der Waals surface area contributed by atoms with Gasteiger partial charge >= 0.3 is 5.97 Å². The average molecular weight is 558 g/mol. The molecule has 10 heteroatoms. The van der Waals surface area contributed by atoms with Crippen LogP contribution in [-0.4, -0.2) is 58.8 Å². The van der Waals surface area contributed by atoms with Crippen molar-refractivity contribution >= 4 is 29.3 Å². The van der Waals surface area contributed by atoms with Crippen LogP contribution in [0.15, 0.2) is 60.1 Å². The molecule has 0 aliphatic carbocycles. The summed E-state index contributed by atoms with van der Waals surface area (Å²) in [5.41, 5.74) is 3.40. The molecule has 6 rings (SSSR count). The standard InChI is InChI=1S/C30H28FN5O3S/c1-4-20-14-26(28(37)35-11-10-30(3)22(17(35)2)9-12-40-30)33-27-15-25(34-36(20)27)21-7-5-18(13-23(21)31)24-8-6-19(16-32-24)29(38)39/h5-9,12-17,22H,4,10-11H2,1-3H3,(H,38,39)/t17-,22?,30?/m1/s1. The lowest BCUT2D eigenvalue weighted by Crippen LogP contribution is -2.54. The van der Waals surface area contributed by atoms with Crippen LogP contribution in [0.1, 0.15) is 53.7 Å². The molecule has 0 saturated carbocycles. The van der Waals surface area contributed by atoms with E-state index in [-0.39, 0.29) is 22.3 Å². The van der Waals surface area contributed by atoms with Crippen LogP contribution >= 0.6 is 11.8 Å². The minimum atomic E-state index is -1.07. The number of hydrogen-bond acceptors (Lipinski definition) is 6. The first-order valence-corrected chi connectivity index (χ1v) is 14.1. The van der Waals surface area contributed by atoms with Crippen molar-refractivity contribution in [2.24, 2.45) is 5.92 Å². The highest BCUT2D eigenvalue weighted by Gasteiger charge is 2.46. The summed E-state index contributed by atoms with van der Waals surface area (Å²) in [4.78, 5) is 35.5. The van der Waals surface area contributed by atoms with Crippen molar-refractivity contribution in [2.45, 2.75) is 44.4 Å². The van der Waals surface area contributed by atoms with Crippen LogP contribution < -0.4 is 0 Å². The Hall–Kier alpha value is -4.05. The van der Waals surface area contributed by atoms with Crippen molar-refractivity contribution in [3.8, 4) is 22.5 Å². The number of carboxylic acid groups (broad SMARTS) is 1. The monoisotopic (exact) mass is 557 g/mol. The molecular formula is C30H28FN5O3S. The zero-order chi connectivity index (χ0) is 28.2. The number of piperidine rings is 1. The predicted octanol–water partition coefficient (Wildman–Crippen LogP) is 5.73. The van der Waals surface area contributed by atoms with Crippen LogP contribution in [0.25, 0.3) is 28.2 Å². The van der Waals surface area contributed by atoms with Gasteiger partial charge in [-0.2, -0.15) is 5.10 Å². The summed E-state index contributed by atoms with van der Waals surface area (Å²) >= 11 is 1.85. The molecule has 3 atom stereocenters. The Morgan fingerprint density at radius 3 is 2.70 bits per heavy atom. The van der Waals surface area contributed by atoms with Gasteiger partial charge in [0, 0.05) is 52.3 Å². The Labute approximate surface area is 234 Å². The lowest BCUT2D eigenvalue weighted by molar-refractivity contribution is 0.0530. The third kappa shape index (κ3) is 4.36. The zero-order valence-corrected chi connectivity index (χ0v) is 23.2. The van der Waals surface area contributed by atoms with Gasteiger partial charge in [0.15, 0.2) is 5.65 Å². The Balaban J connectivity index is 1.31. The zero-order valence-electron chi connectivity index (χ0n) is 22.3. The molecule has 4 aromatic rings. The number of fused-ring (bicyclic) bond motifs is 2. The molecule has 2 aliphatic heterocycles. The second-order valence-electron chi connectivity index (χ2n) is 10.5. The summed E-state index contributed by atoms with van der Waals surface area (Å²) in [6.45, 7) is 7.03. The number of thioether (sulfide) groups is 1. The predicted molar refractivity (Wildman–Crippen MR) is 152 cm³/mol. The SMILES string of the molecule is CCc1cc(C(=O)N2CCC3(C)SC=CC3[C@H]2C)nc2cc(-c3ccc(-c4ccc(C(=O)O)cn4)cc3F)nn12. The summed E-state index contributed by atoms with van der Waals surface area (Å²) in [7, 11) is 0. The van der Waals surface area contributed by atoms with E-state index in [0.29, 0.717) is 52.7 Å². The van der Waals surface area contributed by atoms with E-state index in [2.05, 4.69) is 40.4 Å². The van der Waals surface area contributed by atoms with Crippen molar-refractivity contribution in [3.05, 3.63) is 82.9 Å². The van der Waals surface area contributed by atoms with Gasteiger partial charge in [0.1, 0.15) is 11.5 Å². The van der Waals surface area contributed by atoms with Crippen molar-refractivity contribution in [2.75, 3.05) is 6.54 Å². The molecule has 40 heavy (non-hydrogen) atoms. The molecule has 0 bridgehead atoms. The second-order valence-corrected chi connectivity index (χ2v) is 11.9. The average Bonchev–Trinajstić information content (AvgIpc) is 3.56. The van der Waals surface area contributed by atoms with Gasteiger partial charge in [-0.15, -0.1) is 11.8 Å². The van der Waals surface area contributed by atoms with Gasteiger partial charge in [0.25, 0.3) is 5.91 Å². The molecule has 1 saturated heterocycles. The summed E-state index contributed by atoms with van der Waals surface area (Å²) in [6, 6.07) is 11.2. The number of aromatic nitrogens is 4. The molecule has 1 fully saturated rings. The van der Waals surface area contributed by atoms with E-state index in [1.54, 1.807) is 34.8 Å². The molecule has 0 radical (unpaired) electrons. The number of pyridine rings is 1. The largest absolute Gasteiger partial charge is 0.478 e. The Bertz CT molecular complexity index is 1680. The maximum atomic E-state index is 15.3. The summed E-state index contributed by atoms with van der Waals surface area (Å²) < 4.78 is 17.1. The number of amides is 1. The molecule has 1 N–H and O–H groups in total. The molecule has 2 aliphatic rings. The fourth-order valence-corrected chi connectivity index (χ4v) is 6.94. The lowest BCUT2D eigenvalue weighted by atomic mass is 9.80. The van der Waals surface area contributed by atoms with Gasteiger partial charge < -0.3 is 10.0 Å². The maximum Gasteiger partial charge on any atom is 0.337 e. The minimum Gasteiger partial charge on any atom is -0.478 e. The van der Waals surface area contributed by atoms with Crippen LogP contribution in [0.4, 0.5) is 4.39 Å². The van der Waals surface area contributed by atoms with Crippen LogP contribution in [-0.2, 0) is 6.42 Å². The number of benzene rings is 1. The van der Waals surface area contributed by atoms with E-state index >= 15 is 4.39 Å². The van der Waals surface area contributed by atoms with Crippen LogP contribution in [0.2, 0.25) is 0 Å². The van der Waals surface area contributed by atoms with Gasteiger partial charge in [-0.1, -0.05) is 19.1 Å². The lowest BCUT2D eigenvalue weighted by Gasteiger charge is -2.46. The number of carbonyl (C=O) groups excluding carboxylic acids is 1. The van der Waals surface area contributed by atoms with Crippen molar-refractivity contribution in [1.82, 2.24) is 24.5 Å². The van der Waals surface area contributed by atoms with E-state index in [4.69, 9.17) is 5.11 Å². The molecule has 2 unspecified atom stereocenters. The first-order valence-electron chi connectivity index (χ1n) is 13.2. The Morgan fingerprint density at radius 1 is 1.18 bits per heavy atom. The van der Waals surface area contributed by atoms with Crippen molar-refractivity contribution in [3.63, 3.8) is 0 Å². The highest BCUT2D eigenvalue weighted by atomic mass is 32.2. The number of aromatic carboxylic acids is 1. The Morgan fingerprint density at radius 2 is 2.00 bits per heavy atom. The number of aryl methyl sites for hydroxylation is 1. The fourth-order valence-electron chi connectivity index (χ4n) is 5.73. The van der Waals surface area contributed by atoms with Crippen LogP contribution in [0.3, 0.4) is 0 Å². The van der Waals surface area contributed by atoms with Crippen molar-refractivity contribution in [1.29, 1.82) is 0 Å². The van der Waals surface area contributed by atoms with E-state index in [1.165, 1.54) is 18.3 Å². The number of likely N-dealkylation sites (tertiary alicyclic amines) is 1. The number of carboxylic acids is 1. The number of rotatable bonds is 5. The molecule has 1 amide bonds. The molecule has 204 valence electrons. The topological polar surface area (TPSA) is 101 Å². The molecule has 0 spiro atoms. The molecule has 5 heterocycles. The number of hydrogen-bond donors (Lipinski definition) is 1. The fraction of sp³-hybridized carbons (Fsp3) is 0.300. The molecular weight excluding hydrogens is 529 g/mol. The first kappa shape index (κ1) is 26.2. The quantitative estimate of drug-likeness (QED) is 0.335. The smallest absolute Gasteiger partial charge is 0.337 e. The highest BCUT2D eigenvalue weighted by Crippen LogP contribution is 2.48.